The molecule has 85 heavy (non-hydrogen) atoms. The van der Waals surface area contributed by atoms with E-state index in [2.05, 4.69) is 96.7 Å². The first-order chi connectivity index (χ1) is 40.9. The number of aliphatic hydroxyl groups excluding tert-OH is 2. The summed E-state index contributed by atoms with van der Waals surface area (Å²) in [6.07, 6.45) is 37.4. The molecule has 3 N–H and O–H groups in total. The van der Waals surface area contributed by atoms with Crippen molar-refractivity contribution in [3.05, 3.63) is 23.3 Å². The number of carbonyl (C=O) groups is 4. The summed E-state index contributed by atoms with van der Waals surface area (Å²) in [5.41, 5.74) is 3.78. The maximum atomic E-state index is 12.7. The van der Waals surface area contributed by atoms with Gasteiger partial charge >= 0.3 is 41.1 Å². The van der Waals surface area contributed by atoms with Crippen LogP contribution in [0.4, 0.5) is 9.59 Å². The Labute approximate surface area is 546 Å². The van der Waals surface area contributed by atoms with Crippen LogP contribution < -0.4 is 40.1 Å². The van der Waals surface area contributed by atoms with E-state index in [9.17, 15) is 19.5 Å². The van der Waals surface area contributed by atoms with Crippen LogP contribution in [0.3, 0.4) is 0 Å². The second-order valence-corrected chi connectivity index (χ2v) is 30.8. The van der Waals surface area contributed by atoms with Gasteiger partial charge in [0.25, 0.3) is 6.47 Å². The van der Waals surface area contributed by atoms with E-state index < -0.39 is 5.43 Å². The SMILES string of the molecule is CC(C)CCC[C@@H](C)[C@H]1CC[C@H]2[C@@H]3CC=C4C[C@@H](OC(=O)Cl)CC[C@]4(C)[C@H]3CC[C@]12C.O=CO[O-].[2H]CC1(CO)CCN(C(=O)CCCCCNC(=O)O[C@H]2CC[C@@]3(C)C(=CC[C@H]4[C@@H]5CC[C@H]([C@H](C)CCCC(C)C)[C@@]5(C)CC[C@@H]43)C2)CC1.[3H]OC.[Na+]. The number of carbonyl (C=O) groups excluding carboxylic acids is 4. The van der Waals surface area contributed by atoms with E-state index in [1.54, 1.807) is 11.1 Å². The number of nitrogens with one attached hydrogen (secondary N) is 1. The third-order valence-electron chi connectivity index (χ3n) is 24.9. The number of amides is 2. The van der Waals surface area contributed by atoms with Crippen molar-refractivity contribution >= 4 is 35.5 Å². The van der Waals surface area contributed by atoms with Crippen LogP contribution in [0.15, 0.2) is 23.3 Å². The average Bonchev–Trinajstić information content (AvgIpc) is 1.73. The molecular formula is C71H120ClN2NaO10. The first kappa shape index (κ1) is 70.8. The van der Waals surface area contributed by atoms with Crippen molar-refractivity contribution in [3.63, 3.8) is 0 Å². The molecule has 9 aliphatic rings. The van der Waals surface area contributed by atoms with Gasteiger partial charge in [0.1, 0.15) is 12.2 Å². The summed E-state index contributed by atoms with van der Waals surface area (Å²) in [4.78, 5) is 49.7. The van der Waals surface area contributed by atoms with Crippen molar-refractivity contribution in [2.75, 3.05) is 33.4 Å². The first-order valence-corrected chi connectivity index (χ1v) is 34.4. The van der Waals surface area contributed by atoms with Crippen molar-refractivity contribution in [1.29, 1.82) is 1.43 Å². The van der Waals surface area contributed by atoms with Gasteiger partial charge in [-0.2, -0.15) is 0 Å². The zero-order valence-electron chi connectivity index (χ0n) is 57.6. The molecule has 1 heterocycles. The molecule has 482 valence electrons. The second kappa shape index (κ2) is 33.6. The fraction of sp³-hybridized carbons (Fsp3) is 0.887. The van der Waals surface area contributed by atoms with Gasteiger partial charge in [-0.25, -0.2) is 9.59 Å². The van der Waals surface area contributed by atoms with Crippen LogP contribution >= 0.6 is 11.6 Å². The molecule has 0 bridgehead atoms. The van der Waals surface area contributed by atoms with Crippen LogP contribution in [-0.2, 0) is 24.0 Å². The Balaban J connectivity index is 0.000000303. The molecule has 1 aliphatic heterocycles. The normalized spacial score (nSPS) is 35.8. The van der Waals surface area contributed by atoms with Crippen molar-refractivity contribution in [2.45, 2.75) is 268 Å². The molecule has 0 aromatic rings. The number of hydrogen-bond acceptors (Lipinski definition) is 10. The van der Waals surface area contributed by atoms with Crippen LogP contribution in [-0.4, -0.2) is 86.0 Å². The maximum absolute atomic E-state index is 12.7. The third kappa shape index (κ3) is 18.1. The van der Waals surface area contributed by atoms with Gasteiger partial charge in [0.05, 0.1) is 0 Å². The molecule has 1 saturated heterocycles. The molecule has 0 aromatic heterocycles. The second-order valence-electron chi connectivity index (χ2n) is 30.5. The molecule has 12 nitrogen and oxygen atoms in total. The number of unbranched alkanes of at least 4 members (excludes halogenated alkanes) is 2. The van der Waals surface area contributed by atoms with E-state index in [0.29, 0.717) is 55.1 Å². The molecule has 0 aromatic carbocycles. The summed E-state index contributed by atoms with van der Waals surface area (Å²) in [6, 6.07) is 0. The molecule has 6 saturated carbocycles. The Hall–Kier alpha value is -1.67. The average molecular weight is 1220 g/mol. The number of nitrogens with zero attached hydrogens (tertiary/aromatic N) is 1. The van der Waals surface area contributed by atoms with Gasteiger partial charge in [0, 0.05) is 65.6 Å². The summed E-state index contributed by atoms with van der Waals surface area (Å²) in [6.45, 7) is 26.9. The fourth-order valence-corrected chi connectivity index (χ4v) is 20.3. The van der Waals surface area contributed by atoms with Crippen LogP contribution in [0, 0.1) is 98.1 Å². The number of halogens is 1. The van der Waals surface area contributed by atoms with Gasteiger partial charge < -0.3 is 40.1 Å². The van der Waals surface area contributed by atoms with Crippen LogP contribution in [0.5, 0.6) is 0 Å². The Morgan fingerprint density at radius 2 is 1.19 bits per heavy atom. The van der Waals surface area contributed by atoms with Gasteiger partial charge in [-0.15, -0.1) is 0 Å². The van der Waals surface area contributed by atoms with Crippen molar-refractivity contribution in [1.82, 2.24) is 10.2 Å². The topological polar surface area (TPSA) is 175 Å². The van der Waals surface area contributed by atoms with Crippen molar-refractivity contribution in [3.8, 4) is 0 Å². The predicted molar refractivity (Wildman–Crippen MR) is 335 cm³/mol. The molecule has 7 fully saturated rings. The van der Waals surface area contributed by atoms with E-state index in [1.807, 2.05) is 4.90 Å². The van der Waals surface area contributed by atoms with Gasteiger partial charge in [-0.1, -0.05) is 144 Å². The minimum atomic E-state index is -0.643. The summed E-state index contributed by atoms with van der Waals surface area (Å²) >= 11 is 5.51. The number of rotatable bonds is 20. The van der Waals surface area contributed by atoms with E-state index >= 15 is 0 Å². The zero-order chi connectivity index (χ0) is 63.0. The molecule has 9 rings (SSSR count). The molecule has 8 aliphatic carbocycles. The third-order valence-corrected chi connectivity index (χ3v) is 25.0. The summed E-state index contributed by atoms with van der Waals surface area (Å²) in [7, 11) is 1.29. The predicted octanol–water partition coefficient (Wildman–Crippen LogP) is 13.1. The molecule has 0 radical (unpaired) electrons. The fourth-order valence-electron chi connectivity index (χ4n) is 20.1. The summed E-state index contributed by atoms with van der Waals surface area (Å²) in [5, 5.41) is 24.5. The van der Waals surface area contributed by atoms with Crippen molar-refractivity contribution in [2.24, 2.45) is 98.1 Å². The quantitative estimate of drug-likeness (QED) is 0.0202. The number of likely N-dealkylation sites (tertiary alicyclic amines) is 1. The van der Waals surface area contributed by atoms with E-state index in [-0.39, 0.29) is 84.6 Å². The van der Waals surface area contributed by atoms with Gasteiger partial charge in [0.2, 0.25) is 7.34 Å². The largest absolute Gasteiger partial charge is 1.00 e. The zero-order valence-corrected chi connectivity index (χ0v) is 58.4. The molecule has 16 atom stereocenters. The van der Waals surface area contributed by atoms with E-state index in [0.717, 1.165) is 129 Å². The molecule has 0 spiro atoms. The number of fused-ring (bicyclic) bond motifs is 10. The molecule has 0 unspecified atom stereocenters. The summed E-state index contributed by atoms with van der Waals surface area (Å²) < 4.78 is 24.8. The van der Waals surface area contributed by atoms with Crippen LogP contribution in [0.2, 0.25) is 0 Å². The standard InChI is InChI=1S/C41H70N2O4.C28H45ClO2.CH2O3.CH4O.Na/c1-29(2)11-10-12-30(3)34-16-17-35-33-15-14-31-27-32(18-20-40(31,5)36(33)19-21-41(34,35)6)47-38(46)42-24-9-7-8-13-37(45)43-25-22-39(4,28-44)23-26-43;1-18(2)7-6-8-19(3)23-11-12-24-22-10-9-20-17-21(31-26(29)30)13-15-27(20,4)25(22)14-16-28(23,24)5;2-1-4-3;1-2;/h14,29-30,32-36,44H,7-13,15-28H2,1-6H3,(H,42,46);9,18-19,21-25H,6-8,10-17H2,1-5H3;1,3H;2H,1H3;/q;;;;+1/p-1/t30-,32+,33+,34-,35+,36+,40+,41-;19-,21+,22+,23-,24+,25+,27+,28-;;;/m11.../s1/i4D;;;2T;. The van der Waals surface area contributed by atoms with Gasteiger partial charge in [-0.05, 0) is 214 Å². The number of piperidine rings is 1. The van der Waals surface area contributed by atoms with Gasteiger partial charge in [-0.3, -0.25) is 9.59 Å². The Bertz CT molecular complexity index is 2210. The van der Waals surface area contributed by atoms with Crippen LogP contribution in [0.1, 0.15) is 257 Å². The van der Waals surface area contributed by atoms with E-state index in [4.69, 9.17) is 33.9 Å². The van der Waals surface area contributed by atoms with Gasteiger partial charge in [0.15, 0.2) is 0 Å². The molecule has 14 heteroatoms. The van der Waals surface area contributed by atoms with Crippen molar-refractivity contribution < 1.29 is 79.9 Å². The maximum Gasteiger partial charge on any atom is 1.00 e. The number of hydrogen-bond donors (Lipinski definition) is 3. The van der Waals surface area contributed by atoms with Crippen LogP contribution in [0.25, 0.3) is 0 Å². The number of allylic oxidation sites excluding steroid dienone is 2. The Kier molecular flexibility index (Phi) is 28.0. The number of ether oxygens (including phenoxy) is 2. The monoisotopic (exact) mass is 1220 g/mol. The molecule has 2 amide bonds. The number of alkyl carbamates (subject to hydrolysis) is 1. The Morgan fingerprint density at radius 1 is 0.718 bits per heavy atom. The summed E-state index contributed by atoms with van der Waals surface area (Å²) in [5.74, 6) is 10.4. The smallest absolute Gasteiger partial charge is 0.662 e. The number of aliphatic hydroxyl groups is 2. The minimum Gasteiger partial charge on any atom is -0.662 e. The first-order valence-electron chi connectivity index (χ1n) is 35.1. The van der Waals surface area contributed by atoms with E-state index in [1.165, 1.54) is 110 Å². The Morgan fingerprint density at radius 3 is 1.61 bits per heavy atom. The minimum absolute atomic E-state index is 0. The molecular weight excluding hydrogens is 1100 g/mol.